The number of hydrogen-bond acceptors (Lipinski definition) is 6. The van der Waals surface area contributed by atoms with Crippen LogP contribution in [-0.4, -0.2) is 58.3 Å². The monoisotopic (exact) mass is 261 g/mol. The number of nitrogen functional groups attached to an aromatic ring is 1. The number of nitrogens with two attached hydrogens (primary N) is 1. The number of nitrogens with zero attached hydrogens (tertiary/aromatic N) is 5. The van der Waals surface area contributed by atoms with Crippen LogP contribution in [0.4, 0.5) is 11.8 Å². The molecule has 3 N–H and O–H groups in total. The highest BCUT2D eigenvalue weighted by molar-refractivity contribution is 5.87. The molecule has 1 aliphatic rings. The van der Waals surface area contributed by atoms with Crippen molar-refractivity contribution < 1.29 is 0 Å². The Balaban J connectivity index is 1.87. The molecule has 0 unspecified atom stereocenters. The molecular weight excluding hydrogens is 242 g/mol. The SMILES string of the molecule is CN(C)C1CCN(c2nc(N)nc3[nH]ncc23)CC1. The third-order valence-corrected chi connectivity index (χ3v) is 3.80. The lowest BCUT2D eigenvalue weighted by molar-refractivity contribution is 0.249. The first-order valence-electron chi connectivity index (χ1n) is 6.53. The van der Waals surface area contributed by atoms with Crippen LogP contribution in [0, 0.1) is 0 Å². The molecule has 1 saturated heterocycles. The molecule has 19 heavy (non-hydrogen) atoms. The van der Waals surface area contributed by atoms with Gasteiger partial charge in [-0.15, -0.1) is 0 Å². The van der Waals surface area contributed by atoms with Crippen molar-refractivity contribution in [3.05, 3.63) is 6.20 Å². The van der Waals surface area contributed by atoms with Crippen LogP contribution in [0.15, 0.2) is 6.20 Å². The standard InChI is InChI=1S/C12H19N7/c1-18(2)8-3-5-19(6-4-8)11-9-7-14-17-10(9)15-12(13)16-11/h7-8H,3-6H2,1-2H3,(H3,13,14,15,16,17). The lowest BCUT2D eigenvalue weighted by Gasteiger charge is -2.35. The molecule has 102 valence electrons. The summed E-state index contributed by atoms with van der Waals surface area (Å²) in [4.78, 5) is 13.1. The third kappa shape index (κ3) is 2.21. The molecule has 0 aromatic carbocycles. The molecule has 0 bridgehead atoms. The number of anilines is 2. The van der Waals surface area contributed by atoms with Gasteiger partial charge < -0.3 is 15.5 Å². The lowest BCUT2D eigenvalue weighted by Crippen LogP contribution is -2.42. The minimum Gasteiger partial charge on any atom is -0.368 e. The van der Waals surface area contributed by atoms with E-state index in [1.165, 1.54) is 0 Å². The van der Waals surface area contributed by atoms with Gasteiger partial charge in [0.25, 0.3) is 0 Å². The summed E-state index contributed by atoms with van der Waals surface area (Å²) in [7, 11) is 4.27. The fraction of sp³-hybridized carbons (Fsp3) is 0.583. The van der Waals surface area contributed by atoms with E-state index < -0.39 is 0 Å². The fourth-order valence-corrected chi connectivity index (χ4v) is 2.67. The van der Waals surface area contributed by atoms with Crippen LogP contribution in [0.2, 0.25) is 0 Å². The van der Waals surface area contributed by atoms with Gasteiger partial charge in [-0.25, -0.2) is 0 Å². The predicted octanol–water partition coefficient (Wildman–Crippen LogP) is 0.465. The summed E-state index contributed by atoms with van der Waals surface area (Å²) >= 11 is 0. The molecule has 0 atom stereocenters. The quantitative estimate of drug-likeness (QED) is 0.817. The number of fused-ring (bicyclic) bond motifs is 1. The van der Waals surface area contributed by atoms with Crippen molar-refractivity contribution in [2.75, 3.05) is 37.8 Å². The number of aromatic amines is 1. The maximum Gasteiger partial charge on any atom is 0.224 e. The van der Waals surface area contributed by atoms with E-state index in [0.29, 0.717) is 17.6 Å². The Hall–Kier alpha value is -1.89. The van der Waals surface area contributed by atoms with Crippen molar-refractivity contribution in [2.24, 2.45) is 0 Å². The summed E-state index contributed by atoms with van der Waals surface area (Å²) in [5.41, 5.74) is 6.47. The number of aromatic nitrogens is 4. The first-order chi connectivity index (χ1) is 9.15. The Labute approximate surface area is 111 Å². The van der Waals surface area contributed by atoms with Crippen molar-refractivity contribution in [1.82, 2.24) is 25.1 Å². The topological polar surface area (TPSA) is 87.0 Å². The Bertz CT molecular complexity index is 568. The molecule has 0 radical (unpaired) electrons. The molecule has 3 rings (SSSR count). The van der Waals surface area contributed by atoms with Gasteiger partial charge in [0.15, 0.2) is 5.65 Å². The highest BCUT2D eigenvalue weighted by Crippen LogP contribution is 2.26. The Kier molecular flexibility index (Phi) is 2.98. The molecule has 0 saturated carbocycles. The molecular formula is C12H19N7. The van der Waals surface area contributed by atoms with Crippen molar-refractivity contribution in [2.45, 2.75) is 18.9 Å². The Morgan fingerprint density at radius 3 is 2.74 bits per heavy atom. The molecule has 2 aromatic rings. The predicted molar refractivity (Wildman–Crippen MR) is 75.0 cm³/mol. The molecule has 0 amide bonds. The average Bonchev–Trinajstić information content (AvgIpc) is 2.85. The molecule has 7 nitrogen and oxygen atoms in total. The summed E-state index contributed by atoms with van der Waals surface area (Å²) in [6.45, 7) is 1.97. The van der Waals surface area contributed by atoms with E-state index in [1.54, 1.807) is 6.20 Å². The Morgan fingerprint density at radius 2 is 2.05 bits per heavy atom. The maximum absolute atomic E-state index is 5.76. The van der Waals surface area contributed by atoms with Crippen LogP contribution >= 0.6 is 0 Å². The molecule has 7 heteroatoms. The summed E-state index contributed by atoms with van der Waals surface area (Å²) in [5.74, 6) is 1.19. The molecule has 0 spiro atoms. The summed E-state index contributed by atoms with van der Waals surface area (Å²) < 4.78 is 0. The molecule has 1 fully saturated rings. The molecule has 2 aromatic heterocycles. The zero-order valence-corrected chi connectivity index (χ0v) is 11.3. The smallest absolute Gasteiger partial charge is 0.224 e. The van der Waals surface area contributed by atoms with Crippen molar-refractivity contribution in [3.8, 4) is 0 Å². The van der Waals surface area contributed by atoms with Gasteiger partial charge in [0.05, 0.1) is 11.6 Å². The third-order valence-electron chi connectivity index (χ3n) is 3.80. The Morgan fingerprint density at radius 1 is 1.32 bits per heavy atom. The second-order valence-corrected chi connectivity index (χ2v) is 5.22. The van der Waals surface area contributed by atoms with E-state index in [4.69, 9.17) is 5.73 Å². The van der Waals surface area contributed by atoms with Crippen LogP contribution in [-0.2, 0) is 0 Å². The van der Waals surface area contributed by atoms with E-state index in [2.05, 4.69) is 44.1 Å². The summed E-state index contributed by atoms with van der Waals surface area (Å²) in [6.07, 6.45) is 4.04. The second kappa shape index (κ2) is 4.65. The average molecular weight is 261 g/mol. The van der Waals surface area contributed by atoms with Crippen molar-refractivity contribution in [3.63, 3.8) is 0 Å². The second-order valence-electron chi connectivity index (χ2n) is 5.22. The summed E-state index contributed by atoms with van der Waals surface area (Å²) in [6, 6.07) is 0.648. The van der Waals surface area contributed by atoms with E-state index in [9.17, 15) is 0 Å². The number of rotatable bonds is 2. The van der Waals surface area contributed by atoms with Crippen LogP contribution in [0.5, 0.6) is 0 Å². The number of nitrogens with one attached hydrogen (secondary N) is 1. The molecule has 0 aliphatic carbocycles. The van der Waals surface area contributed by atoms with Gasteiger partial charge >= 0.3 is 0 Å². The lowest BCUT2D eigenvalue weighted by atomic mass is 10.0. The number of piperidine rings is 1. The minimum absolute atomic E-state index is 0.293. The maximum atomic E-state index is 5.76. The van der Waals surface area contributed by atoms with E-state index >= 15 is 0 Å². The number of H-pyrrole nitrogens is 1. The van der Waals surface area contributed by atoms with Crippen LogP contribution in [0.1, 0.15) is 12.8 Å². The fourth-order valence-electron chi connectivity index (χ4n) is 2.67. The van der Waals surface area contributed by atoms with Gasteiger partial charge in [0.2, 0.25) is 5.95 Å². The normalized spacial score (nSPS) is 17.5. The van der Waals surface area contributed by atoms with E-state index in [0.717, 1.165) is 37.1 Å². The largest absolute Gasteiger partial charge is 0.368 e. The van der Waals surface area contributed by atoms with Crippen molar-refractivity contribution >= 4 is 22.8 Å². The van der Waals surface area contributed by atoms with Crippen molar-refractivity contribution in [1.29, 1.82) is 0 Å². The van der Waals surface area contributed by atoms with Crippen LogP contribution in [0.3, 0.4) is 0 Å². The van der Waals surface area contributed by atoms with Gasteiger partial charge in [-0.05, 0) is 26.9 Å². The van der Waals surface area contributed by atoms with E-state index in [-0.39, 0.29) is 0 Å². The first kappa shape index (κ1) is 12.2. The highest BCUT2D eigenvalue weighted by atomic mass is 15.3. The summed E-state index contributed by atoms with van der Waals surface area (Å²) in [5, 5.41) is 7.82. The van der Waals surface area contributed by atoms with Crippen LogP contribution in [0.25, 0.3) is 11.0 Å². The molecule has 1 aliphatic heterocycles. The zero-order valence-electron chi connectivity index (χ0n) is 11.3. The molecule has 3 heterocycles. The minimum atomic E-state index is 0.293. The van der Waals surface area contributed by atoms with Crippen LogP contribution < -0.4 is 10.6 Å². The first-order valence-corrected chi connectivity index (χ1v) is 6.53. The van der Waals surface area contributed by atoms with Gasteiger partial charge in [0, 0.05) is 19.1 Å². The zero-order chi connectivity index (χ0) is 13.4. The van der Waals surface area contributed by atoms with Gasteiger partial charge in [-0.2, -0.15) is 15.1 Å². The van der Waals surface area contributed by atoms with Gasteiger partial charge in [-0.3, -0.25) is 5.10 Å². The van der Waals surface area contributed by atoms with Gasteiger partial charge in [-0.1, -0.05) is 0 Å². The van der Waals surface area contributed by atoms with Gasteiger partial charge in [0.1, 0.15) is 5.82 Å². The number of hydrogen-bond donors (Lipinski definition) is 2. The highest BCUT2D eigenvalue weighted by Gasteiger charge is 2.23. The van der Waals surface area contributed by atoms with E-state index in [1.807, 2.05) is 0 Å².